The van der Waals surface area contributed by atoms with E-state index < -0.39 is 0 Å². The van der Waals surface area contributed by atoms with Crippen molar-refractivity contribution in [3.05, 3.63) is 24.3 Å². The highest BCUT2D eigenvalue weighted by Crippen LogP contribution is 2.27. The highest BCUT2D eigenvalue weighted by Gasteiger charge is 2.33. The topological polar surface area (TPSA) is 58.8 Å². The Morgan fingerprint density at radius 3 is 2.75 bits per heavy atom. The van der Waals surface area contributed by atoms with Crippen molar-refractivity contribution in [3.63, 3.8) is 0 Å². The Bertz CT molecular complexity index is 688. The molecule has 0 saturated carbocycles. The molecule has 24 heavy (non-hydrogen) atoms. The lowest BCUT2D eigenvalue weighted by Crippen LogP contribution is -2.51. The summed E-state index contributed by atoms with van der Waals surface area (Å²) in [6.07, 6.45) is 1.70. The second kappa shape index (κ2) is 6.43. The summed E-state index contributed by atoms with van der Waals surface area (Å²) in [6.45, 7) is 5.69. The van der Waals surface area contributed by atoms with Gasteiger partial charge < -0.3 is 19.0 Å². The maximum atomic E-state index is 12.8. The molecular weight excluding hydrogens is 306 g/mol. The van der Waals surface area contributed by atoms with Crippen LogP contribution in [0.5, 0.6) is 0 Å². The van der Waals surface area contributed by atoms with E-state index in [-0.39, 0.29) is 17.9 Å². The Hall–Kier alpha value is -2.08. The molecule has 0 unspecified atom stereocenters. The molecule has 1 amide bonds. The lowest BCUT2D eigenvalue weighted by molar-refractivity contribution is -0.144. The van der Waals surface area contributed by atoms with Crippen LogP contribution in [-0.2, 0) is 9.53 Å². The summed E-state index contributed by atoms with van der Waals surface area (Å²) in [5.41, 5.74) is 1.70. The average Bonchev–Trinajstić information content (AvgIpc) is 3.06. The van der Waals surface area contributed by atoms with Crippen molar-refractivity contribution >= 4 is 23.0 Å². The highest BCUT2D eigenvalue weighted by atomic mass is 16.5. The van der Waals surface area contributed by atoms with E-state index in [2.05, 4.69) is 16.8 Å². The molecule has 2 fully saturated rings. The van der Waals surface area contributed by atoms with Gasteiger partial charge in [-0.1, -0.05) is 12.1 Å². The van der Waals surface area contributed by atoms with E-state index >= 15 is 0 Å². The van der Waals surface area contributed by atoms with Crippen LogP contribution in [0.25, 0.3) is 11.1 Å². The fourth-order valence-electron chi connectivity index (χ4n) is 3.60. The highest BCUT2D eigenvalue weighted by molar-refractivity contribution is 5.79. The molecule has 2 aliphatic rings. The monoisotopic (exact) mass is 329 g/mol. The number of nitrogens with zero attached hydrogens (tertiary/aromatic N) is 3. The molecule has 128 valence electrons. The van der Waals surface area contributed by atoms with Crippen LogP contribution in [0.3, 0.4) is 0 Å². The number of oxazole rings is 1. The molecule has 0 radical (unpaired) electrons. The number of aromatic nitrogens is 1. The summed E-state index contributed by atoms with van der Waals surface area (Å²) in [5, 5.41) is 0. The van der Waals surface area contributed by atoms with Gasteiger partial charge in [0.15, 0.2) is 5.58 Å². The Labute approximate surface area is 141 Å². The van der Waals surface area contributed by atoms with Crippen LogP contribution in [0.4, 0.5) is 6.01 Å². The van der Waals surface area contributed by atoms with Gasteiger partial charge in [0, 0.05) is 25.6 Å². The smallest absolute Gasteiger partial charge is 0.298 e. The number of amides is 1. The van der Waals surface area contributed by atoms with Crippen LogP contribution < -0.4 is 4.90 Å². The van der Waals surface area contributed by atoms with Gasteiger partial charge in [-0.2, -0.15) is 4.98 Å². The third-order valence-corrected chi connectivity index (χ3v) is 5.05. The quantitative estimate of drug-likeness (QED) is 0.846. The number of ether oxygens (including phenoxy) is 1. The van der Waals surface area contributed by atoms with E-state index in [1.165, 1.54) is 0 Å². The number of anilines is 1. The third kappa shape index (κ3) is 2.86. The Balaban J connectivity index is 1.40. The fourth-order valence-corrected chi connectivity index (χ4v) is 3.60. The molecule has 2 aliphatic heterocycles. The second-order valence-electron chi connectivity index (χ2n) is 6.68. The Morgan fingerprint density at radius 1 is 1.21 bits per heavy atom. The first-order valence-corrected chi connectivity index (χ1v) is 8.71. The van der Waals surface area contributed by atoms with Gasteiger partial charge in [0.05, 0.1) is 19.3 Å². The van der Waals surface area contributed by atoms with Crippen LogP contribution in [0.2, 0.25) is 0 Å². The number of benzene rings is 1. The van der Waals surface area contributed by atoms with E-state index in [1.54, 1.807) is 0 Å². The minimum absolute atomic E-state index is 0.103. The van der Waals surface area contributed by atoms with Crippen molar-refractivity contribution < 1.29 is 13.9 Å². The Kier molecular flexibility index (Phi) is 4.14. The molecule has 1 atom stereocenters. The zero-order valence-corrected chi connectivity index (χ0v) is 14.0. The Morgan fingerprint density at radius 2 is 2.00 bits per heavy atom. The molecule has 0 aliphatic carbocycles. The largest absolute Gasteiger partial charge is 0.423 e. The van der Waals surface area contributed by atoms with E-state index in [1.807, 2.05) is 29.2 Å². The molecule has 6 nitrogen and oxygen atoms in total. The van der Waals surface area contributed by atoms with Crippen LogP contribution >= 0.6 is 0 Å². The van der Waals surface area contributed by atoms with Crippen LogP contribution in [0.15, 0.2) is 28.7 Å². The summed E-state index contributed by atoms with van der Waals surface area (Å²) in [4.78, 5) is 21.5. The van der Waals surface area contributed by atoms with Crippen molar-refractivity contribution in [2.75, 3.05) is 37.7 Å². The molecule has 2 saturated heterocycles. The zero-order valence-electron chi connectivity index (χ0n) is 14.0. The summed E-state index contributed by atoms with van der Waals surface area (Å²) in [7, 11) is 0. The predicted octanol–water partition coefficient (Wildman–Crippen LogP) is 2.29. The molecule has 1 aromatic carbocycles. The first kappa shape index (κ1) is 15.4. The molecular formula is C18H23N3O3. The third-order valence-electron chi connectivity index (χ3n) is 5.05. The number of para-hydroxylation sites is 2. The predicted molar refractivity (Wildman–Crippen MR) is 90.9 cm³/mol. The number of piperidine rings is 1. The van der Waals surface area contributed by atoms with Crippen molar-refractivity contribution in [1.29, 1.82) is 0 Å². The van der Waals surface area contributed by atoms with Crippen molar-refractivity contribution in [3.8, 4) is 0 Å². The van der Waals surface area contributed by atoms with Gasteiger partial charge in [-0.25, -0.2) is 0 Å². The number of carbonyl (C=O) groups excluding carboxylic acids is 1. The van der Waals surface area contributed by atoms with E-state index in [0.29, 0.717) is 25.8 Å². The van der Waals surface area contributed by atoms with Gasteiger partial charge in [-0.15, -0.1) is 0 Å². The summed E-state index contributed by atoms with van der Waals surface area (Å²) in [6, 6.07) is 8.65. The van der Waals surface area contributed by atoms with E-state index in [9.17, 15) is 4.79 Å². The summed E-state index contributed by atoms with van der Waals surface area (Å²) in [5.74, 6) is 0.384. The fraction of sp³-hybridized carbons (Fsp3) is 0.556. The maximum absolute atomic E-state index is 12.8. The van der Waals surface area contributed by atoms with Crippen molar-refractivity contribution in [2.24, 2.45) is 5.92 Å². The van der Waals surface area contributed by atoms with Crippen molar-refractivity contribution in [2.45, 2.75) is 25.8 Å². The van der Waals surface area contributed by atoms with E-state index in [0.717, 1.165) is 37.0 Å². The van der Waals surface area contributed by atoms with Gasteiger partial charge in [0.25, 0.3) is 6.01 Å². The molecule has 3 heterocycles. The first-order valence-electron chi connectivity index (χ1n) is 8.71. The lowest BCUT2D eigenvalue weighted by atomic mass is 9.94. The normalized spacial score (nSPS) is 23.0. The standard InChI is InChI=1S/C18H23N3O3/c1-13-12-23-11-10-21(13)17(22)14-6-8-20(9-7-14)18-19-15-4-2-3-5-16(15)24-18/h2-5,13-14H,6-12H2,1H3/t13-/m0/s1. The molecule has 1 aromatic heterocycles. The second-order valence-corrected chi connectivity index (χ2v) is 6.68. The van der Waals surface area contributed by atoms with Crippen LogP contribution in [-0.4, -0.2) is 54.7 Å². The van der Waals surface area contributed by atoms with Gasteiger partial charge >= 0.3 is 0 Å². The number of carbonyl (C=O) groups is 1. The zero-order chi connectivity index (χ0) is 16.5. The number of morpholine rings is 1. The van der Waals surface area contributed by atoms with Gasteiger partial charge in [0.1, 0.15) is 5.52 Å². The molecule has 0 N–H and O–H groups in total. The minimum atomic E-state index is 0.103. The van der Waals surface area contributed by atoms with E-state index in [4.69, 9.17) is 9.15 Å². The van der Waals surface area contributed by atoms with Gasteiger partial charge in [0.2, 0.25) is 5.91 Å². The molecule has 4 rings (SSSR count). The lowest BCUT2D eigenvalue weighted by Gasteiger charge is -2.38. The molecule has 0 spiro atoms. The first-order chi connectivity index (χ1) is 11.7. The minimum Gasteiger partial charge on any atom is -0.423 e. The number of fused-ring (bicyclic) bond motifs is 1. The summed E-state index contributed by atoms with van der Waals surface area (Å²) < 4.78 is 11.3. The molecule has 0 bridgehead atoms. The molecule has 2 aromatic rings. The maximum Gasteiger partial charge on any atom is 0.298 e. The van der Waals surface area contributed by atoms with Gasteiger partial charge in [-0.3, -0.25) is 4.79 Å². The SMILES string of the molecule is C[C@H]1COCCN1C(=O)C1CCN(c2nc3ccccc3o2)CC1. The van der Waals surface area contributed by atoms with Crippen molar-refractivity contribution in [1.82, 2.24) is 9.88 Å². The number of hydrogen-bond acceptors (Lipinski definition) is 5. The number of rotatable bonds is 2. The number of hydrogen-bond donors (Lipinski definition) is 0. The summed E-state index contributed by atoms with van der Waals surface area (Å²) >= 11 is 0. The van der Waals surface area contributed by atoms with Crippen LogP contribution in [0.1, 0.15) is 19.8 Å². The van der Waals surface area contributed by atoms with Crippen LogP contribution in [0, 0.1) is 5.92 Å². The van der Waals surface area contributed by atoms with Gasteiger partial charge in [-0.05, 0) is 31.9 Å². The average molecular weight is 329 g/mol. The molecule has 6 heteroatoms.